The molecule has 1 aromatic rings. The van der Waals surface area contributed by atoms with E-state index in [9.17, 15) is 14.0 Å². The van der Waals surface area contributed by atoms with Crippen LogP contribution in [-0.2, 0) is 4.79 Å². The second kappa shape index (κ2) is 6.09. The zero-order chi connectivity index (χ0) is 13.7. The average molecular weight is 254 g/mol. The SMILES string of the molecule is CC[C@H](C)[C@H](NC(=O)c1ccnc(F)c1)C(=O)O. The van der Waals surface area contributed by atoms with Gasteiger partial charge in [0.2, 0.25) is 5.95 Å². The standard InChI is InChI=1S/C12H15FN2O3/c1-3-7(2)10(12(17)18)15-11(16)8-4-5-14-9(13)6-8/h4-7,10H,3H2,1-2H3,(H,15,16)(H,17,18)/t7-,10-/m0/s1. The van der Waals surface area contributed by atoms with Crippen molar-refractivity contribution in [2.75, 3.05) is 0 Å². The van der Waals surface area contributed by atoms with Crippen molar-refractivity contribution in [1.82, 2.24) is 10.3 Å². The van der Waals surface area contributed by atoms with Gasteiger partial charge in [-0.3, -0.25) is 4.79 Å². The minimum atomic E-state index is -1.10. The van der Waals surface area contributed by atoms with Gasteiger partial charge in [0.25, 0.3) is 5.91 Å². The number of rotatable bonds is 5. The van der Waals surface area contributed by atoms with E-state index in [4.69, 9.17) is 5.11 Å². The molecular weight excluding hydrogens is 239 g/mol. The molecule has 0 unspecified atom stereocenters. The fourth-order valence-electron chi connectivity index (χ4n) is 1.45. The highest BCUT2D eigenvalue weighted by atomic mass is 19.1. The van der Waals surface area contributed by atoms with Crippen molar-refractivity contribution >= 4 is 11.9 Å². The van der Waals surface area contributed by atoms with E-state index < -0.39 is 23.9 Å². The lowest BCUT2D eigenvalue weighted by Crippen LogP contribution is -2.45. The maximum Gasteiger partial charge on any atom is 0.326 e. The van der Waals surface area contributed by atoms with Gasteiger partial charge >= 0.3 is 5.97 Å². The lowest BCUT2D eigenvalue weighted by Gasteiger charge is -2.20. The Morgan fingerprint density at radius 3 is 2.72 bits per heavy atom. The molecule has 0 radical (unpaired) electrons. The van der Waals surface area contributed by atoms with Gasteiger partial charge in [-0.1, -0.05) is 20.3 Å². The molecule has 0 bridgehead atoms. The number of hydrogen-bond acceptors (Lipinski definition) is 3. The number of carboxylic acids is 1. The average Bonchev–Trinajstić information content (AvgIpc) is 2.34. The highest BCUT2D eigenvalue weighted by Gasteiger charge is 2.25. The molecule has 0 aromatic carbocycles. The lowest BCUT2D eigenvalue weighted by atomic mass is 9.99. The van der Waals surface area contributed by atoms with E-state index in [2.05, 4.69) is 10.3 Å². The summed E-state index contributed by atoms with van der Waals surface area (Å²) in [6.45, 7) is 3.56. The van der Waals surface area contributed by atoms with Gasteiger partial charge in [0.15, 0.2) is 0 Å². The molecular formula is C12H15FN2O3. The minimum absolute atomic E-state index is 0.0528. The number of halogens is 1. The highest BCUT2D eigenvalue weighted by molar-refractivity contribution is 5.96. The topological polar surface area (TPSA) is 79.3 Å². The Labute approximate surface area is 104 Å². The summed E-state index contributed by atoms with van der Waals surface area (Å²) in [6, 6.07) is 1.30. The maximum absolute atomic E-state index is 12.8. The van der Waals surface area contributed by atoms with Crippen molar-refractivity contribution < 1.29 is 19.1 Å². The number of hydrogen-bond donors (Lipinski definition) is 2. The number of pyridine rings is 1. The first-order valence-electron chi connectivity index (χ1n) is 5.61. The van der Waals surface area contributed by atoms with E-state index in [0.29, 0.717) is 6.42 Å². The Kier molecular flexibility index (Phi) is 4.76. The van der Waals surface area contributed by atoms with E-state index in [0.717, 1.165) is 12.3 Å². The molecule has 0 saturated heterocycles. The molecule has 0 aliphatic carbocycles. The largest absolute Gasteiger partial charge is 0.480 e. The smallest absolute Gasteiger partial charge is 0.326 e. The molecule has 0 fully saturated rings. The first-order chi connectivity index (χ1) is 8.45. The molecule has 0 spiro atoms. The summed E-state index contributed by atoms with van der Waals surface area (Å²) in [5.74, 6) is -2.72. The molecule has 1 rings (SSSR count). The van der Waals surface area contributed by atoms with Gasteiger partial charge < -0.3 is 10.4 Å². The second-order valence-electron chi connectivity index (χ2n) is 4.04. The van der Waals surface area contributed by atoms with Gasteiger partial charge in [-0.2, -0.15) is 4.39 Å². The van der Waals surface area contributed by atoms with Crippen molar-refractivity contribution in [1.29, 1.82) is 0 Å². The Hall–Kier alpha value is -1.98. The first-order valence-corrected chi connectivity index (χ1v) is 5.61. The molecule has 98 valence electrons. The van der Waals surface area contributed by atoms with Gasteiger partial charge in [0, 0.05) is 17.8 Å². The van der Waals surface area contributed by atoms with Crippen molar-refractivity contribution in [3.63, 3.8) is 0 Å². The third-order valence-corrected chi connectivity index (χ3v) is 2.75. The van der Waals surface area contributed by atoms with Crippen LogP contribution >= 0.6 is 0 Å². The van der Waals surface area contributed by atoms with Gasteiger partial charge in [-0.05, 0) is 12.0 Å². The molecule has 6 heteroatoms. The number of carbonyl (C=O) groups is 2. The van der Waals surface area contributed by atoms with Crippen LogP contribution in [0.25, 0.3) is 0 Å². The molecule has 2 atom stereocenters. The Morgan fingerprint density at radius 2 is 2.22 bits per heavy atom. The summed E-state index contributed by atoms with van der Waals surface area (Å²) in [4.78, 5) is 26.1. The summed E-state index contributed by atoms with van der Waals surface area (Å²) >= 11 is 0. The number of carbonyl (C=O) groups excluding carboxylic acids is 1. The second-order valence-corrected chi connectivity index (χ2v) is 4.04. The number of nitrogens with one attached hydrogen (secondary N) is 1. The molecule has 1 amide bonds. The van der Waals surface area contributed by atoms with E-state index in [1.54, 1.807) is 6.92 Å². The molecule has 0 saturated carbocycles. The number of nitrogens with zero attached hydrogens (tertiary/aromatic N) is 1. The van der Waals surface area contributed by atoms with Gasteiger partial charge in [-0.15, -0.1) is 0 Å². The number of carboxylic acid groups (broad SMARTS) is 1. The quantitative estimate of drug-likeness (QED) is 0.779. The molecule has 5 nitrogen and oxygen atoms in total. The van der Waals surface area contributed by atoms with Gasteiger partial charge in [-0.25, -0.2) is 9.78 Å². The van der Waals surface area contributed by atoms with E-state index in [-0.39, 0.29) is 11.5 Å². The number of aromatic nitrogens is 1. The molecule has 1 aromatic heterocycles. The minimum Gasteiger partial charge on any atom is -0.480 e. The molecule has 1 heterocycles. The predicted octanol–water partition coefficient (Wildman–Crippen LogP) is 1.45. The zero-order valence-electron chi connectivity index (χ0n) is 10.2. The van der Waals surface area contributed by atoms with Crippen LogP contribution in [0.15, 0.2) is 18.3 Å². The lowest BCUT2D eigenvalue weighted by molar-refractivity contribution is -0.140. The summed E-state index contributed by atoms with van der Waals surface area (Å²) in [5, 5.41) is 11.4. The predicted molar refractivity (Wildman–Crippen MR) is 62.5 cm³/mol. The normalized spacial score (nSPS) is 13.7. The van der Waals surface area contributed by atoms with Gasteiger partial charge in [0.1, 0.15) is 6.04 Å². The fraction of sp³-hybridized carbons (Fsp3) is 0.417. The monoisotopic (exact) mass is 254 g/mol. The fourth-order valence-corrected chi connectivity index (χ4v) is 1.45. The highest BCUT2D eigenvalue weighted by Crippen LogP contribution is 2.09. The first kappa shape index (κ1) is 14.1. The summed E-state index contributed by atoms with van der Waals surface area (Å²) < 4.78 is 12.8. The van der Waals surface area contributed by atoms with Crippen molar-refractivity contribution in [2.45, 2.75) is 26.3 Å². The number of amides is 1. The maximum atomic E-state index is 12.8. The Balaban J connectivity index is 2.82. The van der Waals surface area contributed by atoms with Crippen LogP contribution < -0.4 is 5.32 Å². The summed E-state index contributed by atoms with van der Waals surface area (Å²) in [5.41, 5.74) is 0.0528. The molecule has 18 heavy (non-hydrogen) atoms. The van der Waals surface area contributed by atoms with Crippen LogP contribution in [0, 0.1) is 11.9 Å². The van der Waals surface area contributed by atoms with Crippen molar-refractivity contribution in [3.8, 4) is 0 Å². The third kappa shape index (κ3) is 3.51. The summed E-state index contributed by atoms with van der Waals surface area (Å²) in [7, 11) is 0. The Morgan fingerprint density at radius 1 is 1.56 bits per heavy atom. The van der Waals surface area contributed by atoms with Crippen LogP contribution in [0.1, 0.15) is 30.6 Å². The van der Waals surface area contributed by atoms with Crippen LogP contribution in [0.2, 0.25) is 0 Å². The van der Waals surface area contributed by atoms with Crippen molar-refractivity contribution in [2.24, 2.45) is 5.92 Å². The molecule has 0 aliphatic rings. The van der Waals surface area contributed by atoms with Crippen LogP contribution in [0.4, 0.5) is 4.39 Å². The Bertz CT molecular complexity index is 451. The molecule has 2 N–H and O–H groups in total. The van der Waals surface area contributed by atoms with Crippen LogP contribution in [0.5, 0.6) is 0 Å². The van der Waals surface area contributed by atoms with Crippen molar-refractivity contribution in [3.05, 3.63) is 29.8 Å². The number of aliphatic carboxylic acids is 1. The van der Waals surface area contributed by atoms with E-state index >= 15 is 0 Å². The molecule has 0 aliphatic heterocycles. The van der Waals surface area contributed by atoms with E-state index in [1.165, 1.54) is 6.07 Å². The zero-order valence-corrected chi connectivity index (χ0v) is 10.2. The summed E-state index contributed by atoms with van der Waals surface area (Å²) in [6.07, 6.45) is 1.77. The third-order valence-electron chi connectivity index (χ3n) is 2.75. The van der Waals surface area contributed by atoms with Gasteiger partial charge in [0.05, 0.1) is 0 Å². The van der Waals surface area contributed by atoms with Crippen LogP contribution in [0.3, 0.4) is 0 Å². The van der Waals surface area contributed by atoms with E-state index in [1.807, 2.05) is 6.92 Å². The van der Waals surface area contributed by atoms with Crippen LogP contribution in [-0.4, -0.2) is 28.0 Å².